The van der Waals surface area contributed by atoms with Crippen LogP contribution in [0, 0.1) is 0 Å². The maximum absolute atomic E-state index is 5.95. The average molecular weight is 305 g/mol. The van der Waals surface area contributed by atoms with E-state index in [2.05, 4.69) is 47.2 Å². The number of hydrogen-bond donors (Lipinski definition) is 1. The highest BCUT2D eigenvalue weighted by Gasteiger charge is 2.04. The van der Waals surface area contributed by atoms with Gasteiger partial charge in [-0.25, -0.2) is 0 Å². The predicted octanol–water partition coefficient (Wildman–Crippen LogP) is 4.77. The Kier molecular flexibility index (Phi) is 6.40. The average Bonchev–Trinajstić information content (AvgIpc) is 2.28. The summed E-state index contributed by atoms with van der Waals surface area (Å²) < 4.78 is 0.969. The van der Waals surface area contributed by atoms with Crippen molar-refractivity contribution in [2.75, 3.05) is 0 Å². The van der Waals surface area contributed by atoms with Gasteiger partial charge in [-0.3, -0.25) is 0 Å². The van der Waals surface area contributed by atoms with Crippen LogP contribution in [0.4, 0.5) is 0 Å². The van der Waals surface area contributed by atoms with E-state index in [1.165, 1.54) is 24.8 Å². The zero-order valence-corrected chi connectivity index (χ0v) is 12.2. The molecule has 1 unspecified atom stereocenters. The first-order valence-electron chi connectivity index (χ1n) is 5.84. The van der Waals surface area contributed by atoms with Gasteiger partial charge in [0.05, 0.1) is 5.02 Å². The Bertz CT molecular complexity index is 328. The van der Waals surface area contributed by atoms with Gasteiger partial charge < -0.3 is 5.32 Å². The van der Waals surface area contributed by atoms with Gasteiger partial charge in [-0.1, -0.05) is 37.9 Å². The third-order valence-corrected chi connectivity index (χ3v) is 3.92. The minimum Gasteiger partial charge on any atom is -0.310 e. The molecule has 0 fully saturated rings. The summed E-state index contributed by atoms with van der Waals surface area (Å²) in [6.07, 6.45) is 3.66. The van der Waals surface area contributed by atoms with Crippen LogP contribution in [0.5, 0.6) is 0 Å². The summed E-state index contributed by atoms with van der Waals surface area (Å²) in [7, 11) is 0. The fourth-order valence-corrected chi connectivity index (χ4v) is 2.25. The summed E-state index contributed by atoms with van der Waals surface area (Å²) in [4.78, 5) is 0. The highest BCUT2D eigenvalue weighted by molar-refractivity contribution is 9.10. The van der Waals surface area contributed by atoms with Gasteiger partial charge in [0.1, 0.15) is 0 Å². The lowest BCUT2D eigenvalue weighted by atomic mass is 10.1. The maximum atomic E-state index is 5.95. The molecule has 1 N–H and O–H groups in total. The quantitative estimate of drug-likeness (QED) is 0.798. The van der Waals surface area contributed by atoms with Crippen molar-refractivity contribution < 1.29 is 0 Å². The third kappa shape index (κ3) is 4.44. The fourth-order valence-electron chi connectivity index (χ4n) is 1.71. The predicted molar refractivity (Wildman–Crippen MR) is 75.0 cm³/mol. The Labute approximate surface area is 112 Å². The van der Waals surface area contributed by atoms with Crippen molar-refractivity contribution in [3.63, 3.8) is 0 Å². The molecule has 0 aliphatic heterocycles. The summed E-state index contributed by atoms with van der Waals surface area (Å²) in [5.74, 6) is 0. The van der Waals surface area contributed by atoms with Crippen LogP contribution in [0.15, 0.2) is 22.7 Å². The van der Waals surface area contributed by atoms with Crippen molar-refractivity contribution in [3.8, 4) is 0 Å². The lowest BCUT2D eigenvalue weighted by Gasteiger charge is -2.16. The number of halogens is 2. The molecule has 0 radical (unpaired) electrons. The molecule has 16 heavy (non-hydrogen) atoms. The van der Waals surface area contributed by atoms with Crippen LogP contribution < -0.4 is 5.32 Å². The van der Waals surface area contributed by atoms with E-state index in [-0.39, 0.29) is 0 Å². The van der Waals surface area contributed by atoms with E-state index in [9.17, 15) is 0 Å². The molecule has 0 aliphatic rings. The summed E-state index contributed by atoms with van der Waals surface area (Å²) in [5, 5.41) is 4.34. The molecular formula is C13H19BrClN. The van der Waals surface area contributed by atoms with Crippen molar-refractivity contribution in [2.24, 2.45) is 0 Å². The number of benzene rings is 1. The van der Waals surface area contributed by atoms with Gasteiger partial charge in [0, 0.05) is 17.1 Å². The van der Waals surface area contributed by atoms with Crippen molar-refractivity contribution >= 4 is 27.5 Å². The molecule has 1 aromatic carbocycles. The second-order valence-corrected chi connectivity index (χ2v) is 5.28. The number of rotatable bonds is 6. The van der Waals surface area contributed by atoms with E-state index in [1.54, 1.807) is 0 Å². The molecule has 0 spiro atoms. The van der Waals surface area contributed by atoms with Crippen LogP contribution >= 0.6 is 27.5 Å². The van der Waals surface area contributed by atoms with Gasteiger partial charge in [-0.15, -0.1) is 0 Å². The molecule has 1 atom stereocenters. The smallest absolute Gasteiger partial charge is 0.0548 e. The van der Waals surface area contributed by atoms with E-state index in [4.69, 9.17) is 11.6 Å². The largest absolute Gasteiger partial charge is 0.310 e. The van der Waals surface area contributed by atoms with Gasteiger partial charge >= 0.3 is 0 Å². The van der Waals surface area contributed by atoms with Gasteiger partial charge in [0.2, 0.25) is 0 Å². The zero-order valence-electron chi connectivity index (χ0n) is 9.89. The SMILES string of the molecule is CCCC(CC)NCc1ccc(Cl)c(Br)c1. The van der Waals surface area contributed by atoms with E-state index < -0.39 is 0 Å². The van der Waals surface area contributed by atoms with Crippen LogP contribution in [0.1, 0.15) is 38.7 Å². The van der Waals surface area contributed by atoms with E-state index in [0.717, 1.165) is 16.0 Å². The summed E-state index contributed by atoms with van der Waals surface area (Å²) in [6.45, 7) is 5.36. The Hall–Kier alpha value is -0.0500. The molecule has 3 heteroatoms. The fraction of sp³-hybridized carbons (Fsp3) is 0.538. The minimum absolute atomic E-state index is 0.624. The molecule has 0 bridgehead atoms. The molecule has 0 saturated carbocycles. The Morgan fingerprint density at radius 1 is 1.38 bits per heavy atom. The molecule has 1 nitrogen and oxygen atoms in total. The first-order chi connectivity index (χ1) is 7.67. The lowest BCUT2D eigenvalue weighted by molar-refractivity contribution is 0.462. The van der Waals surface area contributed by atoms with E-state index in [1.807, 2.05) is 6.07 Å². The van der Waals surface area contributed by atoms with Gasteiger partial charge in [0.15, 0.2) is 0 Å². The molecule has 0 heterocycles. The van der Waals surface area contributed by atoms with Crippen molar-refractivity contribution in [1.82, 2.24) is 5.32 Å². The molecule has 0 aliphatic carbocycles. The third-order valence-electron chi connectivity index (χ3n) is 2.71. The standard InChI is InChI=1S/C13H19BrClN/c1-3-5-11(4-2)16-9-10-6-7-13(15)12(14)8-10/h6-8,11,16H,3-5,9H2,1-2H3. The summed E-state index contributed by atoms with van der Waals surface area (Å²) in [5.41, 5.74) is 1.27. The maximum Gasteiger partial charge on any atom is 0.0548 e. The summed E-state index contributed by atoms with van der Waals surface area (Å²) in [6, 6.07) is 6.70. The van der Waals surface area contributed by atoms with Crippen molar-refractivity contribution in [1.29, 1.82) is 0 Å². The van der Waals surface area contributed by atoms with Crippen LogP contribution in [0.3, 0.4) is 0 Å². The highest BCUT2D eigenvalue weighted by Crippen LogP contribution is 2.23. The van der Waals surface area contributed by atoms with Gasteiger partial charge in [-0.05, 0) is 46.5 Å². The topological polar surface area (TPSA) is 12.0 Å². The van der Waals surface area contributed by atoms with Crippen molar-refractivity contribution in [2.45, 2.75) is 45.7 Å². The Balaban J connectivity index is 2.50. The normalized spacial score (nSPS) is 12.8. The van der Waals surface area contributed by atoms with Crippen LogP contribution in [-0.2, 0) is 6.54 Å². The first kappa shape index (κ1) is 14.0. The second kappa shape index (κ2) is 7.31. The van der Waals surface area contributed by atoms with Crippen LogP contribution in [0.2, 0.25) is 5.02 Å². The molecule has 0 amide bonds. The lowest BCUT2D eigenvalue weighted by Crippen LogP contribution is -2.27. The summed E-state index contributed by atoms with van der Waals surface area (Å²) >= 11 is 9.39. The van der Waals surface area contributed by atoms with Gasteiger partial charge in [-0.2, -0.15) is 0 Å². The van der Waals surface area contributed by atoms with E-state index in [0.29, 0.717) is 6.04 Å². The van der Waals surface area contributed by atoms with Crippen molar-refractivity contribution in [3.05, 3.63) is 33.3 Å². The van der Waals surface area contributed by atoms with Gasteiger partial charge in [0.25, 0.3) is 0 Å². The number of hydrogen-bond acceptors (Lipinski definition) is 1. The molecule has 0 aromatic heterocycles. The minimum atomic E-state index is 0.624. The Morgan fingerprint density at radius 2 is 2.12 bits per heavy atom. The Morgan fingerprint density at radius 3 is 2.69 bits per heavy atom. The monoisotopic (exact) mass is 303 g/mol. The zero-order chi connectivity index (χ0) is 12.0. The molecule has 1 aromatic rings. The highest BCUT2D eigenvalue weighted by atomic mass is 79.9. The van der Waals surface area contributed by atoms with Crippen LogP contribution in [-0.4, -0.2) is 6.04 Å². The van der Waals surface area contributed by atoms with Crippen LogP contribution in [0.25, 0.3) is 0 Å². The number of nitrogens with one attached hydrogen (secondary N) is 1. The van der Waals surface area contributed by atoms with E-state index >= 15 is 0 Å². The molecule has 90 valence electrons. The first-order valence-corrected chi connectivity index (χ1v) is 7.01. The molecule has 1 rings (SSSR count). The molecular weight excluding hydrogens is 286 g/mol. The molecule has 0 saturated heterocycles. The second-order valence-electron chi connectivity index (χ2n) is 4.02.